The fraction of sp³-hybridized carbons (Fsp3) is 0.0714. The maximum absolute atomic E-state index is 13.4. The number of halogens is 2. The Kier molecular flexibility index (Phi) is 8.68. The van der Waals surface area contributed by atoms with E-state index in [1.807, 2.05) is 42.5 Å². The van der Waals surface area contributed by atoms with E-state index < -0.39 is 10.2 Å². The van der Waals surface area contributed by atoms with Crippen LogP contribution in [0.1, 0.15) is 26.7 Å². The Morgan fingerprint density at radius 2 is 1.61 bits per heavy atom. The van der Waals surface area contributed by atoms with Gasteiger partial charge >= 0.3 is 0 Å². The van der Waals surface area contributed by atoms with E-state index in [0.29, 0.717) is 27.5 Å². The van der Waals surface area contributed by atoms with Gasteiger partial charge in [-0.2, -0.15) is 0 Å². The first-order valence-electron chi connectivity index (χ1n) is 11.4. The molecule has 0 saturated heterocycles. The van der Waals surface area contributed by atoms with Crippen LogP contribution in [0.15, 0.2) is 95.9 Å². The highest BCUT2D eigenvalue weighted by Gasteiger charge is 2.23. The average Bonchev–Trinajstić information content (AvgIpc) is 2.89. The second-order valence-corrected chi connectivity index (χ2v) is 10.3. The largest absolute Gasteiger partial charge is 0.325 e. The average molecular weight is 566 g/mol. The minimum Gasteiger partial charge on any atom is -0.325 e. The number of anilines is 2. The summed E-state index contributed by atoms with van der Waals surface area (Å²) < 4.78 is 0. The molecule has 0 aromatic heterocycles. The molecule has 0 aliphatic rings. The van der Waals surface area contributed by atoms with E-state index in [1.165, 1.54) is 36.0 Å². The molecule has 0 fully saturated rings. The maximum Gasteiger partial charge on any atom is 0.269 e. The van der Waals surface area contributed by atoms with Crippen LogP contribution in [0.5, 0.6) is 0 Å². The van der Waals surface area contributed by atoms with Crippen molar-refractivity contribution >= 4 is 63.8 Å². The molecule has 0 bridgehead atoms. The monoisotopic (exact) mass is 565 g/mol. The van der Waals surface area contributed by atoms with Gasteiger partial charge in [0.15, 0.2) is 0 Å². The molecular weight excluding hydrogens is 545 g/mol. The van der Waals surface area contributed by atoms with E-state index >= 15 is 0 Å². The Morgan fingerprint density at radius 1 is 0.895 bits per heavy atom. The Bertz CT molecular complexity index is 1500. The number of aryl methyl sites for hydroxylation is 1. The molecule has 0 saturated carbocycles. The number of benzene rings is 4. The van der Waals surface area contributed by atoms with Crippen LogP contribution >= 0.6 is 35.0 Å². The molecule has 7 nitrogen and oxygen atoms in total. The summed E-state index contributed by atoms with van der Waals surface area (Å²) in [6.45, 7) is 1.71. The molecular formula is C28H21Cl2N3O4S. The minimum absolute atomic E-state index is 0.0417. The Labute approximate surface area is 233 Å². The first-order chi connectivity index (χ1) is 18.2. The zero-order chi connectivity index (χ0) is 27.2. The number of carbonyl (C=O) groups is 2. The molecule has 2 N–H and O–H groups in total. The van der Waals surface area contributed by atoms with E-state index in [1.54, 1.807) is 31.2 Å². The Morgan fingerprint density at radius 3 is 2.24 bits per heavy atom. The lowest BCUT2D eigenvalue weighted by molar-refractivity contribution is -0.384. The smallest absolute Gasteiger partial charge is 0.269 e. The molecule has 4 aromatic rings. The predicted octanol–water partition coefficient (Wildman–Crippen LogP) is 7.93. The number of thioether (sulfide) groups is 1. The molecule has 2 amide bonds. The highest BCUT2D eigenvalue weighted by atomic mass is 35.5. The van der Waals surface area contributed by atoms with E-state index in [-0.39, 0.29) is 22.5 Å². The first kappa shape index (κ1) is 27.2. The predicted molar refractivity (Wildman–Crippen MR) is 152 cm³/mol. The summed E-state index contributed by atoms with van der Waals surface area (Å²) >= 11 is 13.4. The van der Waals surface area contributed by atoms with Gasteiger partial charge in [0.05, 0.1) is 15.5 Å². The van der Waals surface area contributed by atoms with Gasteiger partial charge in [-0.3, -0.25) is 19.7 Å². The summed E-state index contributed by atoms with van der Waals surface area (Å²) in [5, 5.41) is 16.8. The van der Waals surface area contributed by atoms with Crippen LogP contribution < -0.4 is 10.6 Å². The number of nitrogens with one attached hydrogen (secondary N) is 2. The summed E-state index contributed by atoms with van der Waals surface area (Å²) in [7, 11) is 0. The number of amides is 2. The standard InChI is InChI=1S/C28H21Cl2N3O4S/c1-17-15-21(33(36)37)10-14-25(17)32-28(35)26(18-5-3-2-4-6-18)38-22-11-8-20(9-12-22)31-27(34)23-13-7-19(29)16-24(23)30/h2-16,26H,1H3,(H,31,34)(H,32,35). The molecule has 1 atom stereocenters. The molecule has 4 rings (SSSR count). The lowest BCUT2D eigenvalue weighted by atomic mass is 10.1. The van der Waals surface area contributed by atoms with Gasteiger partial charge in [-0.05, 0) is 66.6 Å². The first-order valence-corrected chi connectivity index (χ1v) is 13.0. The van der Waals surface area contributed by atoms with Gasteiger partial charge in [-0.25, -0.2) is 0 Å². The van der Waals surface area contributed by atoms with Gasteiger partial charge in [0.1, 0.15) is 5.25 Å². The van der Waals surface area contributed by atoms with Crippen molar-refractivity contribution in [2.45, 2.75) is 17.1 Å². The normalized spacial score (nSPS) is 11.4. The lowest BCUT2D eigenvalue weighted by Gasteiger charge is -2.18. The topological polar surface area (TPSA) is 101 Å². The second kappa shape index (κ2) is 12.1. The number of non-ortho nitro benzene ring substituents is 1. The van der Waals surface area contributed by atoms with Crippen LogP contribution in [-0.2, 0) is 4.79 Å². The quantitative estimate of drug-likeness (QED) is 0.128. The molecule has 0 radical (unpaired) electrons. The van der Waals surface area contributed by atoms with Gasteiger partial charge in [0.2, 0.25) is 5.91 Å². The summed E-state index contributed by atoms with van der Waals surface area (Å²) in [4.78, 5) is 37.4. The summed E-state index contributed by atoms with van der Waals surface area (Å²) in [6, 6.07) is 25.4. The van der Waals surface area contributed by atoms with Crippen molar-refractivity contribution in [2.24, 2.45) is 0 Å². The van der Waals surface area contributed by atoms with Gasteiger partial charge in [-0.1, -0.05) is 53.5 Å². The third-order valence-electron chi connectivity index (χ3n) is 5.56. The molecule has 10 heteroatoms. The van der Waals surface area contributed by atoms with Crippen molar-refractivity contribution in [2.75, 3.05) is 10.6 Å². The number of hydrogen-bond donors (Lipinski definition) is 2. The molecule has 4 aromatic carbocycles. The van der Waals surface area contributed by atoms with Crippen molar-refractivity contribution in [3.63, 3.8) is 0 Å². The Hall–Kier alpha value is -3.85. The number of nitro benzene ring substituents is 1. The van der Waals surface area contributed by atoms with Crippen molar-refractivity contribution in [3.05, 3.63) is 128 Å². The minimum atomic E-state index is -0.598. The number of rotatable bonds is 8. The molecule has 192 valence electrons. The van der Waals surface area contributed by atoms with Crippen LogP contribution in [0.4, 0.5) is 17.1 Å². The van der Waals surface area contributed by atoms with Crippen LogP contribution in [0, 0.1) is 17.0 Å². The molecule has 0 aliphatic heterocycles. The van der Waals surface area contributed by atoms with Gasteiger partial charge in [0.25, 0.3) is 11.6 Å². The molecule has 38 heavy (non-hydrogen) atoms. The van der Waals surface area contributed by atoms with Crippen LogP contribution in [-0.4, -0.2) is 16.7 Å². The SMILES string of the molecule is Cc1cc([N+](=O)[O-])ccc1NC(=O)C(Sc1ccc(NC(=O)c2ccc(Cl)cc2Cl)cc1)c1ccccc1. The summed E-state index contributed by atoms with van der Waals surface area (Å²) in [6.07, 6.45) is 0. The molecule has 0 spiro atoms. The van der Waals surface area contributed by atoms with E-state index in [4.69, 9.17) is 23.2 Å². The Balaban J connectivity index is 1.50. The summed E-state index contributed by atoms with van der Waals surface area (Å²) in [5.74, 6) is -0.639. The number of nitrogens with zero attached hydrogens (tertiary/aromatic N) is 1. The second-order valence-electron chi connectivity index (χ2n) is 8.26. The fourth-order valence-corrected chi connectivity index (χ4v) is 5.14. The molecule has 0 aliphatic carbocycles. The molecule has 0 heterocycles. The van der Waals surface area contributed by atoms with Crippen molar-refractivity contribution < 1.29 is 14.5 Å². The molecule has 1 unspecified atom stereocenters. The fourth-order valence-electron chi connectivity index (χ4n) is 3.63. The van der Waals surface area contributed by atoms with Crippen molar-refractivity contribution in [1.82, 2.24) is 0 Å². The van der Waals surface area contributed by atoms with Crippen LogP contribution in [0.25, 0.3) is 0 Å². The van der Waals surface area contributed by atoms with Gasteiger partial charge in [0, 0.05) is 33.4 Å². The third kappa shape index (κ3) is 6.72. The number of carbonyl (C=O) groups excluding carboxylic acids is 2. The highest BCUT2D eigenvalue weighted by molar-refractivity contribution is 8.00. The van der Waals surface area contributed by atoms with Crippen molar-refractivity contribution in [3.8, 4) is 0 Å². The summed E-state index contributed by atoms with van der Waals surface area (Å²) in [5.41, 5.74) is 2.71. The lowest BCUT2D eigenvalue weighted by Crippen LogP contribution is -2.19. The van der Waals surface area contributed by atoms with Gasteiger partial charge in [-0.15, -0.1) is 11.8 Å². The highest BCUT2D eigenvalue weighted by Crippen LogP contribution is 2.37. The zero-order valence-electron chi connectivity index (χ0n) is 20.0. The van der Waals surface area contributed by atoms with Gasteiger partial charge < -0.3 is 10.6 Å². The third-order valence-corrected chi connectivity index (χ3v) is 7.38. The number of nitro groups is 1. The van der Waals surface area contributed by atoms with Crippen molar-refractivity contribution in [1.29, 1.82) is 0 Å². The van der Waals surface area contributed by atoms with Crippen LogP contribution in [0.2, 0.25) is 10.0 Å². The van der Waals surface area contributed by atoms with E-state index in [0.717, 1.165) is 10.5 Å². The number of hydrogen-bond acceptors (Lipinski definition) is 5. The van der Waals surface area contributed by atoms with E-state index in [2.05, 4.69) is 10.6 Å². The maximum atomic E-state index is 13.4. The van der Waals surface area contributed by atoms with E-state index in [9.17, 15) is 19.7 Å². The van der Waals surface area contributed by atoms with Crippen LogP contribution in [0.3, 0.4) is 0 Å². The zero-order valence-corrected chi connectivity index (χ0v) is 22.3.